The molecular weight excluding hydrogens is 389 g/mol. The molecule has 7 nitrogen and oxygen atoms in total. The number of aromatic nitrogens is 2. The fourth-order valence-electron chi connectivity index (χ4n) is 3.97. The smallest absolute Gasteiger partial charge is 0.392 e. The summed E-state index contributed by atoms with van der Waals surface area (Å²) < 4.78 is 46.6. The van der Waals surface area contributed by atoms with Crippen LogP contribution < -0.4 is 15.4 Å². The summed E-state index contributed by atoms with van der Waals surface area (Å²) in [6.07, 6.45) is -4.82. The SMILES string of the molecule is CN1C(=O)[C@@H](n2nc3c(c2C(N)=O)CC(C(F)(F)F)CC3)COc2ccccc21. The largest absolute Gasteiger partial charge is 0.489 e. The zero-order valence-corrected chi connectivity index (χ0v) is 15.6. The number of aryl methyl sites for hydroxylation is 1. The molecule has 154 valence electrons. The van der Waals surface area contributed by atoms with Crippen molar-refractivity contribution in [2.24, 2.45) is 11.7 Å². The van der Waals surface area contributed by atoms with Crippen molar-refractivity contribution in [3.8, 4) is 5.75 Å². The fourth-order valence-corrected chi connectivity index (χ4v) is 3.97. The number of amides is 2. The summed E-state index contributed by atoms with van der Waals surface area (Å²) in [6.45, 7) is -0.121. The van der Waals surface area contributed by atoms with Gasteiger partial charge < -0.3 is 15.4 Å². The van der Waals surface area contributed by atoms with E-state index in [0.717, 1.165) is 4.68 Å². The molecule has 2 aromatic rings. The number of anilines is 1. The standard InChI is InChI=1S/C19H19F3N4O3/c1-25-13-4-2-3-5-15(13)29-9-14(18(25)28)26-16(17(23)27)11-8-10(19(20,21)22)6-7-12(11)24-26/h2-5,10,14H,6-9H2,1H3,(H2,23,27)/t10?,14-/m0/s1. The molecule has 0 fully saturated rings. The lowest BCUT2D eigenvalue weighted by molar-refractivity contribution is -0.177. The van der Waals surface area contributed by atoms with Crippen molar-refractivity contribution in [3.63, 3.8) is 0 Å². The molecule has 2 aliphatic rings. The molecule has 29 heavy (non-hydrogen) atoms. The van der Waals surface area contributed by atoms with Crippen LogP contribution in [-0.4, -0.2) is 41.4 Å². The van der Waals surface area contributed by atoms with E-state index in [1.807, 2.05) is 0 Å². The molecule has 1 aromatic carbocycles. The number of primary amides is 1. The topological polar surface area (TPSA) is 90.5 Å². The van der Waals surface area contributed by atoms with Crippen molar-refractivity contribution in [2.45, 2.75) is 31.5 Å². The number of carbonyl (C=O) groups is 2. The predicted molar refractivity (Wildman–Crippen MR) is 96.7 cm³/mol. The van der Waals surface area contributed by atoms with Gasteiger partial charge in [0.2, 0.25) is 0 Å². The van der Waals surface area contributed by atoms with Crippen molar-refractivity contribution >= 4 is 17.5 Å². The monoisotopic (exact) mass is 408 g/mol. The van der Waals surface area contributed by atoms with Gasteiger partial charge in [-0.3, -0.25) is 9.59 Å². The molecule has 1 aliphatic carbocycles. The van der Waals surface area contributed by atoms with Gasteiger partial charge in [0.1, 0.15) is 18.1 Å². The molecule has 0 spiro atoms. The van der Waals surface area contributed by atoms with Crippen LogP contribution in [0, 0.1) is 5.92 Å². The van der Waals surface area contributed by atoms with E-state index >= 15 is 0 Å². The molecule has 1 aromatic heterocycles. The molecule has 2 atom stereocenters. The molecule has 0 saturated carbocycles. The van der Waals surface area contributed by atoms with Crippen LogP contribution in [0.15, 0.2) is 24.3 Å². The second-order valence-electron chi connectivity index (χ2n) is 7.26. The van der Waals surface area contributed by atoms with Gasteiger partial charge >= 0.3 is 6.18 Å². The first-order chi connectivity index (χ1) is 13.7. The summed E-state index contributed by atoms with van der Waals surface area (Å²) in [5.74, 6) is -2.40. The van der Waals surface area contributed by atoms with Crippen molar-refractivity contribution < 1.29 is 27.5 Å². The number of alkyl halides is 3. The van der Waals surface area contributed by atoms with Gasteiger partial charge in [0, 0.05) is 12.6 Å². The van der Waals surface area contributed by atoms with Crippen LogP contribution in [0.1, 0.15) is 34.2 Å². The average molecular weight is 408 g/mol. The van der Waals surface area contributed by atoms with Gasteiger partial charge in [-0.1, -0.05) is 12.1 Å². The summed E-state index contributed by atoms with van der Waals surface area (Å²) in [4.78, 5) is 26.6. The average Bonchev–Trinajstić information content (AvgIpc) is 3.00. The molecule has 0 bridgehead atoms. The molecule has 1 unspecified atom stereocenters. The summed E-state index contributed by atoms with van der Waals surface area (Å²) >= 11 is 0. The van der Waals surface area contributed by atoms with Crippen molar-refractivity contribution in [3.05, 3.63) is 41.2 Å². The van der Waals surface area contributed by atoms with Gasteiger partial charge in [-0.25, -0.2) is 4.68 Å². The number of fused-ring (bicyclic) bond motifs is 2. The van der Waals surface area contributed by atoms with Crippen LogP contribution in [0.25, 0.3) is 0 Å². The molecule has 1 aliphatic heterocycles. The maximum Gasteiger partial charge on any atom is 0.392 e. The van der Waals surface area contributed by atoms with Crippen LogP contribution in [0.3, 0.4) is 0 Å². The van der Waals surface area contributed by atoms with E-state index in [-0.39, 0.29) is 37.1 Å². The molecule has 0 saturated heterocycles. The third-order valence-electron chi connectivity index (χ3n) is 5.50. The van der Waals surface area contributed by atoms with Crippen LogP contribution in [0.4, 0.5) is 18.9 Å². The van der Waals surface area contributed by atoms with Crippen molar-refractivity contribution in [1.82, 2.24) is 9.78 Å². The maximum atomic E-state index is 13.2. The number of carbonyl (C=O) groups excluding carboxylic acids is 2. The lowest BCUT2D eigenvalue weighted by atomic mass is 9.86. The van der Waals surface area contributed by atoms with E-state index in [2.05, 4.69) is 5.10 Å². The van der Waals surface area contributed by atoms with Crippen molar-refractivity contribution in [2.75, 3.05) is 18.6 Å². The summed E-state index contributed by atoms with van der Waals surface area (Å²) in [7, 11) is 1.57. The Morgan fingerprint density at radius 3 is 2.72 bits per heavy atom. The lowest BCUT2D eigenvalue weighted by Crippen LogP contribution is -2.37. The van der Waals surface area contributed by atoms with Gasteiger partial charge in [-0.05, 0) is 31.4 Å². The van der Waals surface area contributed by atoms with E-state index in [1.165, 1.54) is 4.90 Å². The number of likely N-dealkylation sites (N-methyl/N-ethyl adjacent to an activating group) is 1. The highest BCUT2D eigenvalue weighted by Gasteiger charge is 2.44. The van der Waals surface area contributed by atoms with Crippen LogP contribution in [-0.2, 0) is 17.6 Å². The first-order valence-electron chi connectivity index (χ1n) is 9.14. The normalized spacial score (nSPS) is 21.8. The number of nitrogens with two attached hydrogens (primary N) is 1. The van der Waals surface area contributed by atoms with E-state index < -0.39 is 30.0 Å². The van der Waals surface area contributed by atoms with E-state index in [9.17, 15) is 22.8 Å². The highest BCUT2D eigenvalue weighted by molar-refractivity contribution is 5.99. The third-order valence-corrected chi connectivity index (χ3v) is 5.50. The third kappa shape index (κ3) is 3.22. The number of hydrogen-bond donors (Lipinski definition) is 1. The van der Waals surface area contributed by atoms with Crippen molar-refractivity contribution in [1.29, 1.82) is 0 Å². The summed E-state index contributed by atoms with van der Waals surface area (Å²) in [5.41, 5.74) is 6.44. The molecule has 10 heteroatoms. The Morgan fingerprint density at radius 1 is 1.31 bits per heavy atom. The molecule has 2 N–H and O–H groups in total. The van der Waals surface area contributed by atoms with Gasteiger partial charge in [0.25, 0.3) is 11.8 Å². The molecule has 0 radical (unpaired) electrons. The Hall–Kier alpha value is -3.04. The van der Waals surface area contributed by atoms with E-state index in [4.69, 9.17) is 10.5 Å². The van der Waals surface area contributed by atoms with Gasteiger partial charge in [-0.2, -0.15) is 18.3 Å². The van der Waals surface area contributed by atoms with E-state index in [1.54, 1.807) is 31.3 Å². The minimum absolute atomic E-state index is 0.0601. The first-order valence-corrected chi connectivity index (χ1v) is 9.14. The Labute approximate surface area is 164 Å². The van der Waals surface area contributed by atoms with Crippen LogP contribution >= 0.6 is 0 Å². The van der Waals surface area contributed by atoms with Crippen LogP contribution in [0.5, 0.6) is 5.75 Å². The molecule has 4 rings (SSSR count). The maximum absolute atomic E-state index is 13.2. The Kier molecular flexibility index (Phi) is 4.51. The quantitative estimate of drug-likeness (QED) is 0.825. The number of benzene rings is 1. The first kappa shape index (κ1) is 19.3. The Bertz CT molecular complexity index is 986. The number of halogens is 3. The van der Waals surface area contributed by atoms with E-state index in [0.29, 0.717) is 17.1 Å². The number of ether oxygens (including phenoxy) is 1. The number of para-hydroxylation sites is 2. The summed E-state index contributed by atoms with van der Waals surface area (Å²) in [6, 6.07) is 5.91. The van der Waals surface area contributed by atoms with Gasteiger partial charge in [0.05, 0.1) is 17.3 Å². The second kappa shape index (κ2) is 6.78. The van der Waals surface area contributed by atoms with Gasteiger partial charge in [-0.15, -0.1) is 0 Å². The highest BCUT2D eigenvalue weighted by atomic mass is 19.4. The minimum atomic E-state index is -4.38. The fraction of sp³-hybridized carbons (Fsp3) is 0.421. The zero-order valence-electron chi connectivity index (χ0n) is 15.6. The number of rotatable bonds is 2. The van der Waals surface area contributed by atoms with Gasteiger partial charge in [0.15, 0.2) is 6.04 Å². The lowest BCUT2D eigenvalue weighted by Gasteiger charge is -2.24. The molecule has 2 heterocycles. The molecular formula is C19H19F3N4O3. The Morgan fingerprint density at radius 2 is 2.03 bits per heavy atom. The van der Waals surface area contributed by atoms with Crippen LogP contribution in [0.2, 0.25) is 0 Å². The number of nitrogens with zero attached hydrogens (tertiary/aromatic N) is 3. The predicted octanol–water partition coefficient (Wildman–Crippen LogP) is 2.25. The highest BCUT2D eigenvalue weighted by Crippen LogP contribution is 2.39. The zero-order chi connectivity index (χ0) is 20.9. The number of hydrogen-bond acceptors (Lipinski definition) is 4. The Balaban J connectivity index is 1.76. The summed E-state index contributed by atoms with van der Waals surface area (Å²) in [5, 5.41) is 4.32. The second-order valence-corrected chi connectivity index (χ2v) is 7.26. The molecule has 2 amide bonds. The minimum Gasteiger partial charge on any atom is -0.489 e.